The summed E-state index contributed by atoms with van der Waals surface area (Å²) >= 11 is 0. The Bertz CT molecular complexity index is 1350. The summed E-state index contributed by atoms with van der Waals surface area (Å²) in [5.41, 5.74) is 3.77. The van der Waals surface area contributed by atoms with Crippen molar-refractivity contribution < 1.29 is 22.7 Å². The van der Waals surface area contributed by atoms with Crippen LogP contribution in [0.1, 0.15) is 23.6 Å². The van der Waals surface area contributed by atoms with Crippen LogP contribution >= 0.6 is 0 Å². The second-order valence-electron chi connectivity index (χ2n) is 8.32. The molecule has 3 aromatic rings. The zero-order valence-corrected chi connectivity index (χ0v) is 21.2. The van der Waals surface area contributed by atoms with Gasteiger partial charge in [-0.25, -0.2) is 8.42 Å². The molecule has 0 aliphatic heterocycles. The molecule has 2 amide bonds. The first kappa shape index (κ1) is 25.8. The predicted molar refractivity (Wildman–Crippen MR) is 138 cm³/mol. The van der Waals surface area contributed by atoms with Crippen molar-refractivity contribution >= 4 is 38.9 Å². The van der Waals surface area contributed by atoms with Gasteiger partial charge >= 0.3 is 0 Å². The standard InChI is InChI=1S/C26H29N3O5S/c1-17-9-10-24(34-5)25(14-17)35(32,33)29(23-12-18(2)11-19(3)13-23)16-26(31)28-22-8-6-7-21(15-22)27-20(4)30/h6-15H,16H2,1-5H3,(H,27,30)(H,28,31). The van der Waals surface area contributed by atoms with Crippen LogP contribution in [0, 0.1) is 20.8 Å². The minimum atomic E-state index is -4.17. The third kappa shape index (κ3) is 6.39. The minimum absolute atomic E-state index is 0.0281. The summed E-state index contributed by atoms with van der Waals surface area (Å²) < 4.78 is 34.1. The maximum absolute atomic E-state index is 13.9. The lowest BCUT2D eigenvalue weighted by molar-refractivity contribution is -0.115. The number of benzene rings is 3. The highest BCUT2D eigenvalue weighted by Gasteiger charge is 2.30. The van der Waals surface area contributed by atoms with Gasteiger partial charge in [0.25, 0.3) is 10.0 Å². The van der Waals surface area contributed by atoms with Crippen LogP contribution in [0.2, 0.25) is 0 Å². The molecule has 0 spiro atoms. The van der Waals surface area contributed by atoms with Crippen molar-refractivity contribution in [2.45, 2.75) is 32.6 Å². The largest absolute Gasteiger partial charge is 0.495 e. The average molecular weight is 496 g/mol. The minimum Gasteiger partial charge on any atom is -0.495 e. The Labute approximate surface area is 206 Å². The van der Waals surface area contributed by atoms with Gasteiger partial charge in [-0.15, -0.1) is 0 Å². The highest BCUT2D eigenvalue weighted by molar-refractivity contribution is 7.93. The molecule has 3 rings (SSSR count). The van der Waals surface area contributed by atoms with Crippen LogP contribution in [0.5, 0.6) is 5.75 Å². The summed E-state index contributed by atoms with van der Waals surface area (Å²) in [6.07, 6.45) is 0. The lowest BCUT2D eigenvalue weighted by atomic mass is 10.1. The molecule has 0 bridgehead atoms. The number of amides is 2. The number of carbonyl (C=O) groups excluding carboxylic acids is 2. The molecule has 9 heteroatoms. The Kier molecular flexibility index (Phi) is 7.81. The SMILES string of the molecule is COc1ccc(C)cc1S(=O)(=O)N(CC(=O)Nc1cccc(NC(C)=O)c1)c1cc(C)cc(C)c1. The van der Waals surface area contributed by atoms with Crippen LogP contribution in [-0.2, 0) is 19.6 Å². The summed E-state index contributed by atoms with van der Waals surface area (Å²) in [6.45, 7) is 6.43. The fourth-order valence-corrected chi connectivity index (χ4v) is 5.37. The summed E-state index contributed by atoms with van der Waals surface area (Å²) in [4.78, 5) is 24.4. The van der Waals surface area contributed by atoms with E-state index in [0.717, 1.165) is 21.0 Å². The molecule has 35 heavy (non-hydrogen) atoms. The number of ether oxygens (including phenoxy) is 1. The fraction of sp³-hybridized carbons (Fsp3) is 0.231. The first-order valence-corrected chi connectivity index (χ1v) is 12.4. The lowest BCUT2D eigenvalue weighted by Crippen LogP contribution is -2.38. The first-order chi connectivity index (χ1) is 16.5. The number of nitrogens with zero attached hydrogens (tertiary/aromatic N) is 1. The van der Waals surface area contributed by atoms with Gasteiger partial charge in [-0.05, 0) is 79.9 Å². The molecule has 184 valence electrons. The molecule has 0 aliphatic carbocycles. The Morgan fingerprint density at radius 1 is 0.857 bits per heavy atom. The maximum atomic E-state index is 13.9. The Hall–Kier alpha value is -3.85. The Balaban J connectivity index is 2.01. The third-order valence-corrected chi connectivity index (χ3v) is 6.93. The van der Waals surface area contributed by atoms with Gasteiger partial charge in [-0.2, -0.15) is 0 Å². The molecule has 8 nitrogen and oxygen atoms in total. The second kappa shape index (κ2) is 10.6. The molecular formula is C26H29N3O5S. The number of anilines is 3. The Morgan fingerprint density at radius 3 is 2.09 bits per heavy atom. The fourth-order valence-electron chi connectivity index (χ4n) is 3.72. The van der Waals surface area contributed by atoms with Gasteiger partial charge in [0.1, 0.15) is 17.2 Å². The van der Waals surface area contributed by atoms with Crippen LogP contribution in [0.3, 0.4) is 0 Å². The third-order valence-electron chi connectivity index (χ3n) is 5.14. The van der Waals surface area contributed by atoms with E-state index in [9.17, 15) is 18.0 Å². The number of hydrogen-bond donors (Lipinski definition) is 2. The van der Waals surface area contributed by atoms with E-state index in [1.165, 1.54) is 20.1 Å². The van der Waals surface area contributed by atoms with Crippen molar-refractivity contribution in [3.63, 3.8) is 0 Å². The summed E-state index contributed by atoms with van der Waals surface area (Å²) in [7, 11) is -2.77. The van der Waals surface area contributed by atoms with E-state index >= 15 is 0 Å². The number of aryl methyl sites for hydroxylation is 3. The molecule has 0 radical (unpaired) electrons. The molecule has 2 N–H and O–H groups in total. The summed E-state index contributed by atoms with van der Waals surface area (Å²) in [5.74, 6) is -0.597. The maximum Gasteiger partial charge on any atom is 0.268 e. The smallest absolute Gasteiger partial charge is 0.268 e. The van der Waals surface area contributed by atoms with Crippen molar-refractivity contribution in [1.29, 1.82) is 0 Å². The number of sulfonamides is 1. The van der Waals surface area contributed by atoms with Crippen LogP contribution < -0.4 is 19.7 Å². The molecule has 0 fully saturated rings. The van der Waals surface area contributed by atoms with Crippen LogP contribution in [0.4, 0.5) is 17.1 Å². The number of hydrogen-bond acceptors (Lipinski definition) is 5. The monoisotopic (exact) mass is 495 g/mol. The number of methoxy groups -OCH3 is 1. The van der Waals surface area contributed by atoms with Gasteiger partial charge in [0.15, 0.2) is 0 Å². The number of rotatable bonds is 8. The van der Waals surface area contributed by atoms with Crippen molar-refractivity contribution in [2.75, 3.05) is 28.6 Å². The predicted octanol–water partition coefficient (Wildman–Crippen LogP) is 4.41. The first-order valence-electron chi connectivity index (χ1n) is 10.9. The molecule has 0 unspecified atom stereocenters. The van der Waals surface area contributed by atoms with Gasteiger partial charge in [-0.1, -0.05) is 18.2 Å². The van der Waals surface area contributed by atoms with Crippen LogP contribution in [0.15, 0.2) is 65.6 Å². The van der Waals surface area contributed by atoms with Crippen molar-refractivity contribution in [3.05, 3.63) is 77.4 Å². The highest BCUT2D eigenvalue weighted by Crippen LogP contribution is 2.32. The van der Waals surface area contributed by atoms with Crippen LogP contribution in [0.25, 0.3) is 0 Å². The molecular weight excluding hydrogens is 466 g/mol. The van der Waals surface area contributed by atoms with E-state index in [-0.39, 0.29) is 16.6 Å². The Morgan fingerprint density at radius 2 is 1.49 bits per heavy atom. The van der Waals surface area contributed by atoms with E-state index in [4.69, 9.17) is 4.74 Å². The van der Waals surface area contributed by atoms with Crippen LogP contribution in [-0.4, -0.2) is 33.9 Å². The molecule has 0 atom stereocenters. The van der Waals surface area contributed by atoms with E-state index in [2.05, 4.69) is 10.6 Å². The van der Waals surface area contributed by atoms with Gasteiger partial charge in [-0.3, -0.25) is 13.9 Å². The molecule has 0 saturated heterocycles. The average Bonchev–Trinajstić information content (AvgIpc) is 2.76. The topological polar surface area (TPSA) is 105 Å². The quantitative estimate of drug-likeness (QED) is 0.482. The lowest BCUT2D eigenvalue weighted by Gasteiger charge is -2.26. The van der Waals surface area contributed by atoms with Gasteiger partial charge in [0.2, 0.25) is 11.8 Å². The zero-order chi connectivity index (χ0) is 25.8. The van der Waals surface area contributed by atoms with E-state index in [1.807, 2.05) is 19.9 Å². The molecule has 0 saturated carbocycles. The summed E-state index contributed by atoms with van der Waals surface area (Å²) in [6, 6.07) is 16.9. The molecule has 0 aliphatic rings. The van der Waals surface area contributed by atoms with Gasteiger partial charge < -0.3 is 15.4 Å². The molecule has 0 aromatic heterocycles. The molecule has 0 heterocycles. The normalized spacial score (nSPS) is 11.0. The molecule has 3 aromatic carbocycles. The van der Waals surface area contributed by atoms with Crippen molar-refractivity contribution in [1.82, 2.24) is 0 Å². The van der Waals surface area contributed by atoms with Gasteiger partial charge in [0.05, 0.1) is 12.8 Å². The van der Waals surface area contributed by atoms with Crippen molar-refractivity contribution in [3.8, 4) is 5.75 Å². The highest BCUT2D eigenvalue weighted by atomic mass is 32.2. The van der Waals surface area contributed by atoms with E-state index in [1.54, 1.807) is 55.5 Å². The van der Waals surface area contributed by atoms with Crippen molar-refractivity contribution in [2.24, 2.45) is 0 Å². The number of carbonyl (C=O) groups is 2. The zero-order valence-electron chi connectivity index (χ0n) is 20.4. The van der Waals surface area contributed by atoms with E-state index < -0.39 is 22.5 Å². The van der Waals surface area contributed by atoms with Gasteiger partial charge in [0, 0.05) is 18.3 Å². The second-order valence-corrected chi connectivity index (χ2v) is 10.2. The van der Waals surface area contributed by atoms with E-state index in [0.29, 0.717) is 17.1 Å². The summed E-state index contributed by atoms with van der Waals surface area (Å²) in [5, 5.41) is 5.37. The number of nitrogens with one attached hydrogen (secondary N) is 2.